The minimum absolute atomic E-state index is 0.128. The predicted octanol–water partition coefficient (Wildman–Crippen LogP) is 4.34. The van der Waals surface area contributed by atoms with Gasteiger partial charge in [0.05, 0.1) is 10.3 Å². The highest BCUT2D eigenvalue weighted by Crippen LogP contribution is 2.36. The molecule has 102 valence electrons. The molecule has 3 rings (SSSR count). The van der Waals surface area contributed by atoms with E-state index in [1.54, 1.807) is 11.3 Å². The third-order valence-corrected chi connectivity index (χ3v) is 5.59. The van der Waals surface area contributed by atoms with Crippen molar-refractivity contribution in [3.8, 4) is 10.6 Å². The standard InChI is InChI=1S/C15H13BrN2OS/c1-7-4-5-8(2)13-12(7)14(17-18-15(13)19)11-6-10(16)9(3)20-11/h4-6H,1-3H3,(H,18,19). The van der Waals surface area contributed by atoms with Crippen molar-refractivity contribution in [2.75, 3.05) is 0 Å². The van der Waals surface area contributed by atoms with Crippen molar-refractivity contribution < 1.29 is 0 Å². The average Bonchev–Trinajstić information content (AvgIpc) is 2.74. The number of rotatable bonds is 1. The first-order chi connectivity index (χ1) is 9.49. The van der Waals surface area contributed by atoms with Crippen LogP contribution in [0.15, 0.2) is 27.5 Å². The number of hydrogen-bond acceptors (Lipinski definition) is 3. The minimum atomic E-state index is -0.128. The van der Waals surface area contributed by atoms with Gasteiger partial charge in [-0.15, -0.1) is 11.3 Å². The lowest BCUT2D eigenvalue weighted by atomic mass is 10.0. The van der Waals surface area contributed by atoms with Crippen LogP contribution in [0.2, 0.25) is 0 Å². The van der Waals surface area contributed by atoms with Gasteiger partial charge in [-0.2, -0.15) is 5.10 Å². The number of hydrogen-bond donors (Lipinski definition) is 1. The van der Waals surface area contributed by atoms with E-state index in [0.29, 0.717) is 0 Å². The van der Waals surface area contributed by atoms with Crippen LogP contribution in [0.1, 0.15) is 16.0 Å². The summed E-state index contributed by atoms with van der Waals surface area (Å²) >= 11 is 5.21. The number of aryl methyl sites for hydroxylation is 3. The number of H-pyrrole nitrogens is 1. The van der Waals surface area contributed by atoms with Gasteiger partial charge in [-0.05, 0) is 53.9 Å². The van der Waals surface area contributed by atoms with E-state index in [4.69, 9.17) is 0 Å². The highest BCUT2D eigenvalue weighted by Gasteiger charge is 2.15. The van der Waals surface area contributed by atoms with Gasteiger partial charge < -0.3 is 0 Å². The Morgan fingerprint density at radius 3 is 2.40 bits per heavy atom. The van der Waals surface area contributed by atoms with Crippen LogP contribution in [0.3, 0.4) is 0 Å². The zero-order valence-corrected chi connectivity index (χ0v) is 13.8. The Balaban J connectivity index is 2.46. The van der Waals surface area contributed by atoms with Gasteiger partial charge >= 0.3 is 0 Å². The molecule has 2 heterocycles. The fourth-order valence-corrected chi connectivity index (χ4v) is 3.91. The number of halogens is 1. The van der Waals surface area contributed by atoms with E-state index in [2.05, 4.69) is 39.1 Å². The number of fused-ring (bicyclic) bond motifs is 1. The van der Waals surface area contributed by atoms with Crippen LogP contribution in [0.25, 0.3) is 21.3 Å². The number of aromatic amines is 1. The molecule has 3 nitrogen and oxygen atoms in total. The molecule has 0 spiro atoms. The number of nitrogens with zero attached hydrogens (tertiary/aromatic N) is 1. The lowest BCUT2D eigenvalue weighted by Gasteiger charge is -2.08. The third-order valence-electron chi connectivity index (χ3n) is 3.45. The molecule has 0 aliphatic carbocycles. The van der Waals surface area contributed by atoms with Crippen molar-refractivity contribution >= 4 is 38.0 Å². The van der Waals surface area contributed by atoms with E-state index < -0.39 is 0 Å². The Labute approximate surface area is 128 Å². The smallest absolute Gasteiger partial charge is 0.267 e. The van der Waals surface area contributed by atoms with Crippen LogP contribution in [0, 0.1) is 20.8 Å². The molecule has 0 amide bonds. The summed E-state index contributed by atoms with van der Waals surface area (Å²) in [5.41, 5.74) is 2.76. The van der Waals surface area contributed by atoms with Gasteiger partial charge in [0.1, 0.15) is 5.69 Å². The average molecular weight is 349 g/mol. The Hall–Kier alpha value is -1.46. The highest BCUT2D eigenvalue weighted by atomic mass is 79.9. The summed E-state index contributed by atoms with van der Waals surface area (Å²) in [6.45, 7) is 6.03. The van der Waals surface area contributed by atoms with E-state index >= 15 is 0 Å². The second-order valence-electron chi connectivity index (χ2n) is 4.87. The van der Waals surface area contributed by atoms with Crippen molar-refractivity contribution in [2.24, 2.45) is 0 Å². The van der Waals surface area contributed by atoms with Crippen molar-refractivity contribution in [1.82, 2.24) is 10.2 Å². The normalized spacial score (nSPS) is 11.2. The summed E-state index contributed by atoms with van der Waals surface area (Å²) in [6, 6.07) is 6.08. The lowest BCUT2D eigenvalue weighted by molar-refractivity contribution is 1.02. The molecule has 3 aromatic rings. The minimum Gasteiger partial charge on any atom is -0.267 e. The van der Waals surface area contributed by atoms with Crippen molar-refractivity contribution in [2.45, 2.75) is 20.8 Å². The quantitative estimate of drug-likeness (QED) is 0.710. The van der Waals surface area contributed by atoms with E-state index in [1.165, 1.54) is 4.88 Å². The molecular weight excluding hydrogens is 336 g/mol. The van der Waals surface area contributed by atoms with Gasteiger partial charge in [0.2, 0.25) is 0 Å². The van der Waals surface area contributed by atoms with Crippen molar-refractivity contribution in [1.29, 1.82) is 0 Å². The van der Waals surface area contributed by atoms with E-state index in [0.717, 1.165) is 36.9 Å². The third kappa shape index (κ3) is 2.01. The summed E-state index contributed by atoms with van der Waals surface area (Å²) in [5.74, 6) is 0. The molecule has 1 aromatic carbocycles. The SMILES string of the molecule is Cc1sc(-c2n[nH]c(=O)c3c(C)ccc(C)c23)cc1Br. The Kier molecular flexibility index (Phi) is 3.26. The molecule has 5 heteroatoms. The molecule has 0 fully saturated rings. The van der Waals surface area contributed by atoms with Gasteiger partial charge in [-0.3, -0.25) is 4.79 Å². The molecule has 0 aliphatic heterocycles. The maximum absolute atomic E-state index is 12.1. The first-order valence-corrected chi connectivity index (χ1v) is 7.85. The van der Waals surface area contributed by atoms with Gasteiger partial charge in [-0.1, -0.05) is 12.1 Å². The largest absolute Gasteiger partial charge is 0.272 e. The molecule has 0 saturated carbocycles. The van der Waals surface area contributed by atoms with Crippen LogP contribution in [0.4, 0.5) is 0 Å². The van der Waals surface area contributed by atoms with Crippen LogP contribution in [-0.2, 0) is 0 Å². The summed E-state index contributed by atoms with van der Waals surface area (Å²) in [6.07, 6.45) is 0. The molecule has 0 atom stereocenters. The topological polar surface area (TPSA) is 45.8 Å². The number of nitrogens with one attached hydrogen (secondary N) is 1. The van der Waals surface area contributed by atoms with Crippen LogP contribution < -0.4 is 5.56 Å². The maximum Gasteiger partial charge on any atom is 0.272 e. The van der Waals surface area contributed by atoms with Gasteiger partial charge in [0.25, 0.3) is 5.56 Å². The molecule has 0 unspecified atom stereocenters. The number of benzene rings is 1. The Bertz CT molecular complexity index is 860. The van der Waals surface area contributed by atoms with Gasteiger partial charge in [0.15, 0.2) is 0 Å². The zero-order chi connectivity index (χ0) is 14.4. The maximum atomic E-state index is 12.1. The van der Waals surface area contributed by atoms with Gasteiger partial charge in [0, 0.05) is 14.7 Å². The van der Waals surface area contributed by atoms with Crippen molar-refractivity contribution in [3.63, 3.8) is 0 Å². The molecule has 0 bridgehead atoms. The number of thiophene rings is 1. The first kappa shape index (κ1) is 13.5. The summed E-state index contributed by atoms with van der Waals surface area (Å²) in [7, 11) is 0. The molecule has 2 aromatic heterocycles. The summed E-state index contributed by atoms with van der Waals surface area (Å²) < 4.78 is 1.07. The highest BCUT2D eigenvalue weighted by molar-refractivity contribution is 9.10. The van der Waals surface area contributed by atoms with Gasteiger partial charge in [-0.25, -0.2) is 5.10 Å². The molecule has 1 N–H and O–H groups in total. The summed E-state index contributed by atoms with van der Waals surface area (Å²) in [4.78, 5) is 14.3. The monoisotopic (exact) mass is 348 g/mol. The second kappa shape index (κ2) is 4.82. The summed E-state index contributed by atoms with van der Waals surface area (Å²) in [5, 5.41) is 8.59. The molecule has 0 saturated heterocycles. The van der Waals surface area contributed by atoms with Crippen LogP contribution in [0.5, 0.6) is 0 Å². The van der Waals surface area contributed by atoms with Crippen molar-refractivity contribution in [3.05, 3.63) is 49.0 Å². The Morgan fingerprint density at radius 2 is 1.80 bits per heavy atom. The Morgan fingerprint density at radius 1 is 1.15 bits per heavy atom. The molecule has 0 aliphatic rings. The fraction of sp³-hybridized carbons (Fsp3) is 0.200. The zero-order valence-electron chi connectivity index (χ0n) is 11.4. The molecular formula is C15H13BrN2OS. The molecule has 20 heavy (non-hydrogen) atoms. The first-order valence-electron chi connectivity index (χ1n) is 6.24. The number of aromatic nitrogens is 2. The van der Waals surface area contributed by atoms with E-state index in [-0.39, 0.29) is 5.56 Å². The van der Waals surface area contributed by atoms with Crippen LogP contribution in [-0.4, -0.2) is 10.2 Å². The second-order valence-corrected chi connectivity index (χ2v) is 6.98. The van der Waals surface area contributed by atoms with Crippen LogP contribution >= 0.6 is 27.3 Å². The van der Waals surface area contributed by atoms with E-state index in [1.807, 2.05) is 26.0 Å². The molecule has 0 radical (unpaired) electrons. The lowest BCUT2D eigenvalue weighted by Crippen LogP contribution is -2.11. The predicted molar refractivity (Wildman–Crippen MR) is 87.6 cm³/mol. The fourth-order valence-electron chi connectivity index (χ4n) is 2.38. The van der Waals surface area contributed by atoms with E-state index in [9.17, 15) is 4.79 Å².